The van der Waals surface area contributed by atoms with Gasteiger partial charge in [0.1, 0.15) is 10.8 Å². The molecule has 0 aliphatic rings. The molecule has 2 aromatic heterocycles. The predicted octanol–water partition coefficient (Wildman–Crippen LogP) is 3.26. The zero-order chi connectivity index (χ0) is 12.6. The number of halogens is 2. The molecule has 0 saturated carbocycles. The molecule has 0 radical (unpaired) electrons. The second kappa shape index (κ2) is 4.70. The van der Waals surface area contributed by atoms with E-state index in [1.165, 1.54) is 0 Å². The summed E-state index contributed by atoms with van der Waals surface area (Å²) in [6, 6.07) is 2.10. The van der Waals surface area contributed by atoms with Crippen LogP contribution in [0.1, 0.15) is 25.5 Å². The van der Waals surface area contributed by atoms with Crippen molar-refractivity contribution in [3.63, 3.8) is 0 Å². The van der Waals surface area contributed by atoms with Crippen molar-refractivity contribution in [2.45, 2.75) is 25.8 Å². The second-order valence-electron chi connectivity index (χ2n) is 4.13. The summed E-state index contributed by atoms with van der Waals surface area (Å²) in [5.74, 6) is 0.339. The third kappa shape index (κ3) is 2.07. The average Bonchev–Trinajstić information content (AvgIpc) is 2.81. The highest BCUT2D eigenvalue weighted by Crippen LogP contribution is 2.31. The van der Waals surface area contributed by atoms with Crippen LogP contribution in [0, 0.1) is 0 Å². The Morgan fingerprint density at radius 1 is 1.41 bits per heavy atom. The van der Waals surface area contributed by atoms with Gasteiger partial charge in [-0.3, -0.25) is 9.36 Å². The van der Waals surface area contributed by atoms with Gasteiger partial charge in [-0.15, -0.1) is 11.6 Å². The topological polar surface area (TPSA) is 35.6 Å². The minimum Gasteiger partial charge on any atom is -0.266 e. The summed E-state index contributed by atoms with van der Waals surface area (Å²) in [4.78, 5) is 0. The van der Waals surface area contributed by atoms with E-state index < -0.39 is 0 Å². The maximum Gasteiger partial charge on any atom is 0.132 e. The molecule has 0 saturated heterocycles. The summed E-state index contributed by atoms with van der Waals surface area (Å²) in [6.45, 7) is 4.06. The van der Waals surface area contributed by atoms with Crippen LogP contribution in [0.2, 0.25) is 5.15 Å². The van der Waals surface area contributed by atoms with Crippen LogP contribution in [0.25, 0.3) is 11.4 Å². The molecular weight excluding hydrogens is 259 g/mol. The van der Waals surface area contributed by atoms with Gasteiger partial charge in [0.15, 0.2) is 0 Å². The molecule has 0 spiro atoms. The van der Waals surface area contributed by atoms with E-state index in [2.05, 4.69) is 10.2 Å². The summed E-state index contributed by atoms with van der Waals surface area (Å²) in [6.07, 6.45) is 1.73. The van der Waals surface area contributed by atoms with Gasteiger partial charge < -0.3 is 0 Å². The van der Waals surface area contributed by atoms with Gasteiger partial charge in [0.2, 0.25) is 0 Å². The van der Waals surface area contributed by atoms with Crippen molar-refractivity contribution in [2.75, 3.05) is 0 Å². The summed E-state index contributed by atoms with van der Waals surface area (Å²) < 4.78 is 3.54. The standard InChI is InChI=1S/C11H14Cl2N4/c1-7(2)17-11(13)8(6-12)10(15-17)9-4-5-14-16(9)3/h4-5,7H,6H2,1-3H3. The van der Waals surface area contributed by atoms with E-state index in [1.54, 1.807) is 15.6 Å². The second-order valence-corrected chi connectivity index (χ2v) is 4.76. The molecule has 17 heavy (non-hydrogen) atoms. The number of rotatable bonds is 3. The number of nitrogens with zero attached hydrogens (tertiary/aromatic N) is 4. The molecule has 2 heterocycles. The van der Waals surface area contributed by atoms with Crippen molar-refractivity contribution in [1.29, 1.82) is 0 Å². The first-order valence-electron chi connectivity index (χ1n) is 5.37. The number of alkyl halides is 1. The molecule has 0 N–H and O–H groups in total. The van der Waals surface area contributed by atoms with Crippen LogP contribution < -0.4 is 0 Å². The summed E-state index contributed by atoms with van der Waals surface area (Å²) in [5.41, 5.74) is 2.58. The van der Waals surface area contributed by atoms with Gasteiger partial charge in [-0.25, -0.2) is 0 Å². The molecule has 2 aromatic rings. The largest absolute Gasteiger partial charge is 0.266 e. The Hall–Kier alpha value is -1.00. The van der Waals surface area contributed by atoms with Gasteiger partial charge in [0.25, 0.3) is 0 Å². The van der Waals surface area contributed by atoms with E-state index in [4.69, 9.17) is 23.2 Å². The van der Waals surface area contributed by atoms with Gasteiger partial charge in [-0.05, 0) is 19.9 Å². The van der Waals surface area contributed by atoms with Gasteiger partial charge >= 0.3 is 0 Å². The molecule has 0 aliphatic carbocycles. The first kappa shape index (κ1) is 12.5. The highest BCUT2D eigenvalue weighted by Gasteiger charge is 2.20. The molecule has 6 heteroatoms. The fourth-order valence-corrected chi connectivity index (χ4v) is 2.43. The van der Waals surface area contributed by atoms with Gasteiger partial charge in [0, 0.05) is 24.8 Å². The van der Waals surface area contributed by atoms with Crippen LogP contribution in [0.4, 0.5) is 0 Å². The zero-order valence-corrected chi connectivity index (χ0v) is 11.5. The Balaban J connectivity index is 2.62. The Kier molecular flexibility index (Phi) is 3.45. The fraction of sp³-hybridized carbons (Fsp3) is 0.455. The van der Waals surface area contributed by atoms with Crippen molar-refractivity contribution in [1.82, 2.24) is 19.6 Å². The molecule has 2 rings (SSSR count). The molecule has 0 aliphatic heterocycles. The highest BCUT2D eigenvalue weighted by atomic mass is 35.5. The van der Waals surface area contributed by atoms with Crippen molar-refractivity contribution in [2.24, 2.45) is 7.05 Å². The zero-order valence-electron chi connectivity index (χ0n) is 9.98. The molecule has 0 bridgehead atoms. The van der Waals surface area contributed by atoms with E-state index in [1.807, 2.05) is 27.0 Å². The van der Waals surface area contributed by atoms with Crippen molar-refractivity contribution >= 4 is 23.2 Å². The maximum atomic E-state index is 6.28. The number of aromatic nitrogens is 4. The van der Waals surface area contributed by atoms with E-state index in [0.29, 0.717) is 11.0 Å². The summed E-state index contributed by atoms with van der Waals surface area (Å²) in [5, 5.41) is 9.26. The van der Waals surface area contributed by atoms with Gasteiger partial charge in [0.05, 0.1) is 11.6 Å². The molecule has 0 amide bonds. The average molecular weight is 273 g/mol. The smallest absolute Gasteiger partial charge is 0.132 e. The van der Waals surface area contributed by atoms with Crippen LogP contribution >= 0.6 is 23.2 Å². The molecule has 92 valence electrons. The van der Waals surface area contributed by atoms with Crippen molar-refractivity contribution < 1.29 is 0 Å². The normalized spacial score (nSPS) is 11.4. The Morgan fingerprint density at radius 2 is 2.12 bits per heavy atom. The molecular formula is C11H14Cl2N4. The van der Waals surface area contributed by atoms with Crippen LogP contribution in [0.3, 0.4) is 0 Å². The SMILES string of the molecule is CC(C)n1nc(-c2ccnn2C)c(CCl)c1Cl. The lowest BCUT2D eigenvalue weighted by atomic mass is 10.2. The van der Waals surface area contributed by atoms with Crippen LogP contribution in [-0.4, -0.2) is 19.6 Å². The molecule has 0 atom stereocenters. The number of hydrogen-bond acceptors (Lipinski definition) is 2. The summed E-state index contributed by atoms with van der Waals surface area (Å²) in [7, 11) is 1.87. The van der Waals surface area contributed by atoms with Crippen molar-refractivity contribution in [3.8, 4) is 11.4 Å². The Morgan fingerprint density at radius 3 is 2.59 bits per heavy atom. The monoisotopic (exact) mass is 272 g/mol. The molecule has 0 fully saturated rings. The maximum absolute atomic E-state index is 6.28. The van der Waals surface area contributed by atoms with E-state index >= 15 is 0 Å². The number of hydrogen-bond donors (Lipinski definition) is 0. The van der Waals surface area contributed by atoms with Crippen molar-refractivity contribution in [3.05, 3.63) is 23.0 Å². The first-order valence-corrected chi connectivity index (χ1v) is 6.28. The Bertz CT molecular complexity index is 528. The minimum atomic E-state index is 0.200. The Labute approximate surface area is 110 Å². The third-order valence-electron chi connectivity index (χ3n) is 2.63. The van der Waals surface area contributed by atoms with E-state index in [-0.39, 0.29) is 6.04 Å². The van der Waals surface area contributed by atoms with Crippen LogP contribution in [0.15, 0.2) is 12.3 Å². The lowest BCUT2D eigenvalue weighted by Crippen LogP contribution is -2.03. The summed E-state index contributed by atoms with van der Waals surface area (Å²) >= 11 is 12.2. The first-order chi connectivity index (χ1) is 8.06. The lowest BCUT2D eigenvalue weighted by Gasteiger charge is -2.05. The van der Waals surface area contributed by atoms with Gasteiger partial charge in [-0.2, -0.15) is 10.2 Å². The highest BCUT2D eigenvalue weighted by molar-refractivity contribution is 6.31. The fourth-order valence-electron chi connectivity index (χ4n) is 1.72. The van der Waals surface area contributed by atoms with Gasteiger partial charge in [-0.1, -0.05) is 11.6 Å². The lowest BCUT2D eigenvalue weighted by molar-refractivity contribution is 0.534. The quantitative estimate of drug-likeness (QED) is 0.805. The minimum absolute atomic E-state index is 0.200. The van der Waals surface area contributed by atoms with Crippen LogP contribution in [-0.2, 0) is 12.9 Å². The number of aryl methyl sites for hydroxylation is 1. The van der Waals surface area contributed by atoms with E-state index in [0.717, 1.165) is 17.0 Å². The van der Waals surface area contributed by atoms with E-state index in [9.17, 15) is 0 Å². The molecule has 0 aromatic carbocycles. The predicted molar refractivity (Wildman–Crippen MR) is 69.4 cm³/mol. The molecule has 4 nitrogen and oxygen atoms in total. The third-order valence-corrected chi connectivity index (χ3v) is 3.30. The van der Waals surface area contributed by atoms with Crippen LogP contribution in [0.5, 0.6) is 0 Å². The molecule has 0 unspecified atom stereocenters.